The maximum absolute atomic E-state index is 12.2. The van der Waals surface area contributed by atoms with Crippen LogP contribution in [-0.4, -0.2) is 18.9 Å². The highest BCUT2D eigenvalue weighted by Gasteiger charge is 2.46. The van der Waals surface area contributed by atoms with E-state index >= 15 is 0 Å². The lowest BCUT2D eigenvalue weighted by Crippen LogP contribution is -2.53. The molecule has 1 N–H and O–H groups in total. The smallest absolute Gasteiger partial charge is 0.230 e. The number of hydrogen-bond donors (Lipinski definition) is 1. The zero-order valence-electron chi connectivity index (χ0n) is 13.1. The third kappa shape index (κ3) is 3.26. The van der Waals surface area contributed by atoms with Crippen LogP contribution in [0.1, 0.15) is 32.8 Å². The minimum atomic E-state index is -0.345. The summed E-state index contributed by atoms with van der Waals surface area (Å²) in [5.74, 6) is 0.533. The average Bonchev–Trinajstić information content (AvgIpc) is 2.37. The molecule has 1 saturated heterocycles. The minimum Gasteiger partial charge on any atom is -0.497 e. The van der Waals surface area contributed by atoms with Gasteiger partial charge in [0.05, 0.1) is 7.11 Å². The molecule has 1 heterocycles. The van der Waals surface area contributed by atoms with Crippen molar-refractivity contribution in [1.29, 1.82) is 0 Å². The molecule has 2 rings (SSSR count). The summed E-state index contributed by atoms with van der Waals surface area (Å²) in [4.78, 5) is 24.0. The van der Waals surface area contributed by atoms with Gasteiger partial charge in [-0.1, -0.05) is 32.9 Å². The highest BCUT2D eigenvalue weighted by molar-refractivity contribution is 5.99. The predicted molar refractivity (Wildman–Crippen MR) is 80.9 cm³/mol. The maximum Gasteiger partial charge on any atom is 0.230 e. The van der Waals surface area contributed by atoms with E-state index in [9.17, 15) is 9.59 Å². The molecule has 1 fully saturated rings. The van der Waals surface area contributed by atoms with Crippen molar-refractivity contribution in [2.75, 3.05) is 7.11 Å². The Bertz CT molecular complexity index is 535. The fourth-order valence-electron chi connectivity index (χ4n) is 3.54. The van der Waals surface area contributed by atoms with E-state index in [0.717, 1.165) is 11.3 Å². The van der Waals surface area contributed by atoms with Gasteiger partial charge in [0.15, 0.2) is 0 Å². The van der Waals surface area contributed by atoms with E-state index in [0.29, 0.717) is 12.8 Å². The average molecular weight is 289 g/mol. The third-order valence-electron chi connectivity index (χ3n) is 4.29. The minimum absolute atomic E-state index is 0.141. The Hall–Kier alpha value is -1.84. The molecule has 0 aliphatic carbocycles. The molecule has 21 heavy (non-hydrogen) atoms. The number of methoxy groups -OCH3 is 1. The lowest BCUT2D eigenvalue weighted by molar-refractivity contribution is -0.145. The number of benzene rings is 1. The first kappa shape index (κ1) is 15.5. The number of carbonyl (C=O) groups is 2. The monoisotopic (exact) mass is 289 g/mol. The largest absolute Gasteiger partial charge is 0.497 e. The Morgan fingerprint density at radius 2 is 1.90 bits per heavy atom. The van der Waals surface area contributed by atoms with E-state index in [4.69, 9.17) is 4.74 Å². The second-order valence-electron chi connectivity index (χ2n) is 6.49. The van der Waals surface area contributed by atoms with Gasteiger partial charge in [-0.25, -0.2) is 0 Å². The van der Waals surface area contributed by atoms with Crippen molar-refractivity contribution in [2.45, 2.75) is 33.6 Å². The molecule has 2 atom stereocenters. The van der Waals surface area contributed by atoms with Crippen LogP contribution in [0.15, 0.2) is 24.3 Å². The second-order valence-corrected chi connectivity index (χ2v) is 6.49. The Balaban J connectivity index is 2.27. The lowest BCUT2D eigenvalue weighted by Gasteiger charge is -2.42. The van der Waals surface area contributed by atoms with Gasteiger partial charge in [-0.2, -0.15) is 0 Å². The lowest BCUT2D eigenvalue weighted by atomic mass is 9.64. The highest BCUT2D eigenvalue weighted by Crippen LogP contribution is 2.42. The predicted octanol–water partition coefficient (Wildman–Crippen LogP) is 2.56. The molecule has 1 aromatic rings. The van der Waals surface area contributed by atoms with Gasteiger partial charge in [0.25, 0.3) is 0 Å². The van der Waals surface area contributed by atoms with Gasteiger partial charge >= 0.3 is 0 Å². The van der Waals surface area contributed by atoms with Crippen molar-refractivity contribution in [3.8, 4) is 5.75 Å². The summed E-state index contributed by atoms with van der Waals surface area (Å²) >= 11 is 0. The second kappa shape index (κ2) is 5.88. The quantitative estimate of drug-likeness (QED) is 0.867. The molecule has 2 unspecified atom stereocenters. The molecule has 1 aromatic carbocycles. The van der Waals surface area contributed by atoms with Crippen LogP contribution in [0.3, 0.4) is 0 Å². The Labute approximate surface area is 125 Å². The van der Waals surface area contributed by atoms with Crippen molar-refractivity contribution >= 4 is 11.8 Å². The molecule has 0 aromatic heterocycles. The molecular weight excluding hydrogens is 266 g/mol. The summed E-state index contributed by atoms with van der Waals surface area (Å²) in [6.07, 6.45) is 1.09. The summed E-state index contributed by atoms with van der Waals surface area (Å²) in [5, 5.41) is 2.47. The SMILES string of the molecule is COc1ccc(CC2(C)CC(=O)NC(=O)C2C(C)C)cc1. The maximum atomic E-state index is 12.2. The van der Waals surface area contributed by atoms with Gasteiger partial charge in [-0.3, -0.25) is 14.9 Å². The zero-order chi connectivity index (χ0) is 15.6. The molecule has 1 aliphatic heterocycles. The molecule has 0 saturated carbocycles. The van der Waals surface area contributed by atoms with E-state index in [1.165, 1.54) is 0 Å². The first-order chi connectivity index (χ1) is 9.85. The molecule has 4 heteroatoms. The standard InChI is InChI=1S/C17H23NO3/c1-11(2)15-16(20)18-14(19)10-17(15,3)9-12-5-7-13(21-4)8-6-12/h5-8,11,15H,9-10H2,1-4H3,(H,18,19,20). The van der Waals surface area contributed by atoms with Crippen LogP contribution in [0.2, 0.25) is 0 Å². The number of imide groups is 1. The van der Waals surface area contributed by atoms with E-state index in [1.807, 2.05) is 45.0 Å². The Kier molecular flexibility index (Phi) is 4.35. The van der Waals surface area contributed by atoms with Crippen LogP contribution in [0.4, 0.5) is 0 Å². The van der Waals surface area contributed by atoms with Crippen LogP contribution in [0.5, 0.6) is 5.75 Å². The van der Waals surface area contributed by atoms with Crippen molar-refractivity contribution in [1.82, 2.24) is 5.32 Å². The first-order valence-electron chi connectivity index (χ1n) is 7.32. The summed E-state index contributed by atoms with van der Waals surface area (Å²) in [6, 6.07) is 7.82. The molecule has 2 amide bonds. The van der Waals surface area contributed by atoms with Gasteiger partial charge in [-0.15, -0.1) is 0 Å². The Morgan fingerprint density at radius 3 is 2.43 bits per heavy atom. The van der Waals surface area contributed by atoms with Crippen LogP contribution in [0, 0.1) is 17.3 Å². The number of carbonyl (C=O) groups excluding carboxylic acids is 2. The topological polar surface area (TPSA) is 55.4 Å². The molecule has 0 radical (unpaired) electrons. The number of ether oxygens (including phenoxy) is 1. The van der Waals surface area contributed by atoms with E-state index in [2.05, 4.69) is 5.32 Å². The number of hydrogen-bond acceptors (Lipinski definition) is 3. The third-order valence-corrected chi connectivity index (χ3v) is 4.29. The van der Waals surface area contributed by atoms with Gasteiger partial charge in [0, 0.05) is 12.3 Å². The van der Waals surface area contributed by atoms with Gasteiger partial charge < -0.3 is 4.74 Å². The van der Waals surface area contributed by atoms with Crippen LogP contribution in [0.25, 0.3) is 0 Å². The van der Waals surface area contributed by atoms with Crippen LogP contribution >= 0.6 is 0 Å². The molecule has 4 nitrogen and oxygen atoms in total. The molecular formula is C17H23NO3. The molecule has 1 aliphatic rings. The number of piperidine rings is 1. The molecule has 0 spiro atoms. The summed E-state index contributed by atoms with van der Waals surface area (Å²) < 4.78 is 5.16. The number of rotatable bonds is 4. The van der Waals surface area contributed by atoms with E-state index in [-0.39, 0.29) is 29.1 Å². The molecule has 0 bridgehead atoms. The van der Waals surface area contributed by atoms with Crippen LogP contribution in [-0.2, 0) is 16.0 Å². The van der Waals surface area contributed by atoms with Crippen molar-refractivity contribution in [2.24, 2.45) is 17.3 Å². The number of amides is 2. The van der Waals surface area contributed by atoms with Crippen LogP contribution < -0.4 is 10.1 Å². The zero-order valence-corrected chi connectivity index (χ0v) is 13.1. The normalized spacial score (nSPS) is 25.9. The van der Waals surface area contributed by atoms with Gasteiger partial charge in [0.2, 0.25) is 11.8 Å². The Morgan fingerprint density at radius 1 is 1.29 bits per heavy atom. The fraction of sp³-hybridized carbons (Fsp3) is 0.529. The highest BCUT2D eigenvalue weighted by atomic mass is 16.5. The fourth-order valence-corrected chi connectivity index (χ4v) is 3.54. The van der Waals surface area contributed by atoms with Crippen molar-refractivity contribution in [3.63, 3.8) is 0 Å². The van der Waals surface area contributed by atoms with Gasteiger partial charge in [0.1, 0.15) is 5.75 Å². The van der Waals surface area contributed by atoms with E-state index < -0.39 is 0 Å². The van der Waals surface area contributed by atoms with E-state index in [1.54, 1.807) is 7.11 Å². The van der Waals surface area contributed by atoms with Crippen molar-refractivity contribution < 1.29 is 14.3 Å². The first-order valence-corrected chi connectivity index (χ1v) is 7.32. The number of nitrogens with one attached hydrogen (secondary N) is 1. The van der Waals surface area contributed by atoms with Gasteiger partial charge in [-0.05, 0) is 35.4 Å². The summed E-state index contributed by atoms with van der Waals surface area (Å²) in [7, 11) is 1.63. The summed E-state index contributed by atoms with van der Waals surface area (Å²) in [6.45, 7) is 6.11. The molecule has 114 valence electrons. The summed E-state index contributed by atoms with van der Waals surface area (Å²) in [5.41, 5.74) is 0.772. The van der Waals surface area contributed by atoms with Crippen molar-refractivity contribution in [3.05, 3.63) is 29.8 Å².